The van der Waals surface area contributed by atoms with Gasteiger partial charge in [-0.2, -0.15) is 5.10 Å². The van der Waals surface area contributed by atoms with E-state index in [2.05, 4.69) is 11.2 Å². The molecule has 0 aliphatic heterocycles. The second kappa shape index (κ2) is 4.35. The highest BCUT2D eigenvalue weighted by Gasteiger charge is 2.08. The van der Waals surface area contributed by atoms with E-state index in [0.717, 1.165) is 22.4 Å². The standard InChI is InChI=1S/C14H11ClN2O/c1-18-13-5-3-2-4-12(13)10-8-11-6-7-14(15)16-17(11)9-10/h2-9H,1H3. The number of ether oxygens (including phenoxy) is 1. The number of rotatable bonds is 2. The lowest BCUT2D eigenvalue weighted by Gasteiger charge is -2.05. The molecule has 18 heavy (non-hydrogen) atoms. The molecule has 0 spiro atoms. The molecule has 0 N–H and O–H groups in total. The molecule has 0 aliphatic carbocycles. The van der Waals surface area contributed by atoms with Crippen LogP contribution in [0.1, 0.15) is 0 Å². The van der Waals surface area contributed by atoms with E-state index in [9.17, 15) is 0 Å². The minimum absolute atomic E-state index is 0.477. The number of hydrogen-bond acceptors (Lipinski definition) is 2. The first-order valence-electron chi connectivity index (χ1n) is 5.56. The fourth-order valence-corrected chi connectivity index (χ4v) is 2.15. The number of methoxy groups -OCH3 is 1. The summed E-state index contributed by atoms with van der Waals surface area (Å²) >= 11 is 5.88. The van der Waals surface area contributed by atoms with Crippen molar-refractivity contribution in [3.8, 4) is 16.9 Å². The molecule has 2 heterocycles. The highest BCUT2D eigenvalue weighted by Crippen LogP contribution is 2.30. The van der Waals surface area contributed by atoms with Crippen LogP contribution < -0.4 is 4.74 Å². The third kappa shape index (κ3) is 1.83. The highest BCUT2D eigenvalue weighted by molar-refractivity contribution is 6.29. The fourth-order valence-electron chi connectivity index (χ4n) is 2.00. The quantitative estimate of drug-likeness (QED) is 0.701. The van der Waals surface area contributed by atoms with Gasteiger partial charge < -0.3 is 4.74 Å². The lowest BCUT2D eigenvalue weighted by Crippen LogP contribution is -1.88. The van der Waals surface area contributed by atoms with E-state index >= 15 is 0 Å². The Morgan fingerprint density at radius 1 is 1.17 bits per heavy atom. The van der Waals surface area contributed by atoms with E-state index < -0.39 is 0 Å². The number of halogens is 1. The maximum absolute atomic E-state index is 5.88. The Kier molecular flexibility index (Phi) is 2.68. The van der Waals surface area contributed by atoms with Gasteiger partial charge in [0.2, 0.25) is 0 Å². The van der Waals surface area contributed by atoms with Crippen LogP contribution in [0, 0.1) is 0 Å². The maximum atomic E-state index is 5.88. The molecule has 1 aromatic carbocycles. The Hall–Kier alpha value is -2.00. The van der Waals surface area contributed by atoms with Gasteiger partial charge in [-0.1, -0.05) is 29.8 Å². The van der Waals surface area contributed by atoms with Gasteiger partial charge in [0.15, 0.2) is 0 Å². The van der Waals surface area contributed by atoms with Crippen molar-refractivity contribution in [1.29, 1.82) is 0 Å². The summed E-state index contributed by atoms with van der Waals surface area (Å²) in [6.07, 6.45) is 1.94. The molecule has 0 atom stereocenters. The van der Waals surface area contributed by atoms with Gasteiger partial charge >= 0.3 is 0 Å². The summed E-state index contributed by atoms with van der Waals surface area (Å²) in [6, 6.07) is 13.7. The van der Waals surface area contributed by atoms with Crippen molar-refractivity contribution in [2.75, 3.05) is 7.11 Å². The number of nitrogens with zero attached hydrogens (tertiary/aromatic N) is 2. The summed E-state index contributed by atoms with van der Waals surface area (Å²) in [5, 5.41) is 4.70. The van der Waals surface area contributed by atoms with Gasteiger partial charge in [-0.3, -0.25) is 0 Å². The topological polar surface area (TPSA) is 26.5 Å². The van der Waals surface area contributed by atoms with Gasteiger partial charge in [-0.25, -0.2) is 4.52 Å². The first-order valence-corrected chi connectivity index (χ1v) is 5.94. The molecule has 0 unspecified atom stereocenters. The first-order chi connectivity index (χ1) is 8.78. The Bertz CT molecular complexity index is 706. The molecule has 3 aromatic rings. The van der Waals surface area contributed by atoms with Crippen LogP contribution in [0.15, 0.2) is 48.7 Å². The highest BCUT2D eigenvalue weighted by atomic mass is 35.5. The van der Waals surface area contributed by atoms with Gasteiger partial charge in [0.05, 0.1) is 12.6 Å². The monoisotopic (exact) mass is 258 g/mol. The summed E-state index contributed by atoms with van der Waals surface area (Å²) in [5.41, 5.74) is 3.10. The van der Waals surface area contributed by atoms with Crippen LogP contribution in [0.3, 0.4) is 0 Å². The second-order valence-corrected chi connectivity index (χ2v) is 4.34. The van der Waals surface area contributed by atoms with Crippen molar-refractivity contribution in [3.63, 3.8) is 0 Å². The molecule has 0 saturated heterocycles. The minimum Gasteiger partial charge on any atom is -0.496 e. The summed E-state index contributed by atoms with van der Waals surface area (Å²) in [4.78, 5) is 0. The van der Waals surface area contributed by atoms with Crippen LogP contribution >= 0.6 is 11.6 Å². The third-order valence-electron chi connectivity index (χ3n) is 2.84. The molecule has 4 heteroatoms. The Balaban J connectivity index is 2.19. The molecule has 0 amide bonds. The third-order valence-corrected chi connectivity index (χ3v) is 3.04. The van der Waals surface area contributed by atoms with Gasteiger partial charge in [-0.15, -0.1) is 0 Å². The molecule has 2 aromatic heterocycles. The van der Waals surface area contributed by atoms with Crippen molar-refractivity contribution in [2.24, 2.45) is 0 Å². The predicted octanol–water partition coefficient (Wildman–Crippen LogP) is 3.66. The molecule has 0 radical (unpaired) electrons. The molecule has 0 fully saturated rings. The zero-order chi connectivity index (χ0) is 12.5. The van der Waals surface area contributed by atoms with Crippen molar-refractivity contribution >= 4 is 17.1 Å². The fraction of sp³-hybridized carbons (Fsp3) is 0.0714. The van der Waals surface area contributed by atoms with Crippen LogP contribution in [-0.4, -0.2) is 16.7 Å². The van der Waals surface area contributed by atoms with Crippen LogP contribution in [0.25, 0.3) is 16.6 Å². The second-order valence-electron chi connectivity index (χ2n) is 3.95. The first kappa shape index (κ1) is 11.1. The number of benzene rings is 1. The summed E-state index contributed by atoms with van der Waals surface area (Å²) < 4.78 is 7.13. The smallest absolute Gasteiger partial charge is 0.150 e. The van der Waals surface area contributed by atoms with Crippen molar-refractivity contribution < 1.29 is 4.74 Å². The van der Waals surface area contributed by atoms with Crippen molar-refractivity contribution in [1.82, 2.24) is 9.61 Å². The van der Waals surface area contributed by atoms with Crippen LogP contribution in [0.2, 0.25) is 5.15 Å². The van der Waals surface area contributed by atoms with E-state index in [0.29, 0.717) is 5.15 Å². The number of hydrogen-bond donors (Lipinski definition) is 0. The molecule has 3 nitrogen and oxygen atoms in total. The largest absolute Gasteiger partial charge is 0.496 e. The van der Waals surface area contributed by atoms with E-state index in [4.69, 9.17) is 16.3 Å². The van der Waals surface area contributed by atoms with Crippen LogP contribution in [0.4, 0.5) is 0 Å². The molecule has 0 saturated carbocycles. The summed E-state index contributed by atoms with van der Waals surface area (Å²) in [5.74, 6) is 0.847. The van der Waals surface area contributed by atoms with Crippen LogP contribution in [0.5, 0.6) is 5.75 Å². The normalized spacial score (nSPS) is 10.8. The molecular weight excluding hydrogens is 248 g/mol. The zero-order valence-corrected chi connectivity index (χ0v) is 10.6. The van der Waals surface area contributed by atoms with E-state index in [1.54, 1.807) is 17.7 Å². The molecule has 90 valence electrons. The van der Waals surface area contributed by atoms with Crippen LogP contribution in [-0.2, 0) is 0 Å². The number of fused-ring (bicyclic) bond motifs is 1. The summed E-state index contributed by atoms with van der Waals surface area (Å²) in [6.45, 7) is 0. The predicted molar refractivity (Wildman–Crippen MR) is 72.2 cm³/mol. The average Bonchev–Trinajstić information content (AvgIpc) is 2.81. The summed E-state index contributed by atoms with van der Waals surface area (Å²) in [7, 11) is 1.67. The maximum Gasteiger partial charge on any atom is 0.150 e. The lowest BCUT2D eigenvalue weighted by molar-refractivity contribution is 0.416. The Morgan fingerprint density at radius 3 is 2.83 bits per heavy atom. The molecule has 0 bridgehead atoms. The van der Waals surface area contributed by atoms with Gasteiger partial charge in [0.1, 0.15) is 10.9 Å². The lowest BCUT2D eigenvalue weighted by atomic mass is 10.1. The van der Waals surface area contributed by atoms with Crippen molar-refractivity contribution in [3.05, 3.63) is 53.8 Å². The average molecular weight is 259 g/mol. The van der Waals surface area contributed by atoms with Crippen molar-refractivity contribution in [2.45, 2.75) is 0 Å². The van der Waals surface area contributed by atoms with E-state index in [1.165, 1.54) is 0 Å². The molecular formula is C14H11ClN2O. The Labute approximate surface area is 110 Å². The number of aromatic nitrogens is 2. The van der Waals surface area contributed by atoms with E-state index in [1.807, 2.05) is 36.5 Å². The van der Waals surface area contributed by atoms with Gasteiger partial charge in [0.25, 0.3) is 0 Å². The Morgan fingerprint density at radius 2 is 2.00 bits per heavy atom. The zero-order valence-electron chi connectivity index (χ0n) is 9.80. The van der Waals surface area contributed by atoms with Gasteiger partial charge in [0, 0.05) is 17.3 Å². The molecule has 0 aliphatic rings. The minimum atomic E-state index is 0.477. The van der Waals surface area contributed by atoms with Gasteiger partial charge in [-0.05, 0) is 24.3 Å². The SMILES string of the molecule is COc1ccccc1-c1cc2ccc(Cl)nn2c1. The number of para-hydroxylation sites is 1. The van der Waals surface area contributed by atoms with E-state index in [-0.39, 0.29) is 0 Å². The molecule has 3 rings (SSSR count).